The van der Waals surface area contributed by atoms with Crippen molar-refractivity contribution in [3.05, 3.63) is 16.3 Å². The van der Waals surface area contributed by atoms with Gasteiger partial charge in [-0.15, -0.1) is 24.0 Å². The number of hydrogen-bond donors (Lipinski definition) is 2. The summed E-state index contributed by atoms with van der Waals surface area (Å²) in [6.45, 7) is 0. The van der Waals surface area contributed by atoms with Gasteiger partial charge in [0.2, 0.25) is 0 Å². The molecule has 2 unspecified atom stereocenters. The van der Waals surface area contributed by atoms with Gasteiger partial charge in [0.1, 0.15) is 0 Å². The second-order valence-corrected chi connectivity index (χ2v) is 6.32. The van der Waals surface area contributed by atoms with Crippen LogP contribution in [-0.2, 0) is 0 Å². The van der Waals surface area contributed by atoms with Crippen LogP contribution in [0, 0.1) is 0 Å². The van der Waals surface area contributed by atoms with E-state index in [1.807, 2.05) is 16.3 Å². The zero-order chi connectivity index (χ0) is 12.0. The largest absolute Gasteiger partial charge is 0.393 e. The molecule has 0 spiro atoms. The second-order valence-electron chi connectivity index (χ2n) is 4.89. The smallest absolute Gasteiger partial charge is 0.264 e. The molecule has 3 rings (SSSR count). The van der Waals surface area contributed by atoms with Crippen molar-refractivity contribution in [2.24, 2.45) is 0 Å². The summed E-state index contributed by atoms with van der Waals surface area (Å²) in [5.41, 5.74) is 0. The lowest BCUT2D eigenvalue weighted by Gasteiger charge is -2.36. The molecule has 5 heteroatoms. The van der Waals surface area contributed by atoms with Crippen LogP contribution in [-0.4, -0.2) is 34.1 Å². The summed E-state index contributed by atoms with van der Waals surface area (Å²) in [6.07, 6.45) is 3.32. The van der Waals surface area contributed by atoms with E-state index >= 15 is 0 Å². The van der Waals surface area contributed by atoms with E-state index in [2.05, 4.69) is 12.6 Å². The molecule has 2 saturated heterocycles. The first-order chi connectivity index (χ1) is 8.15. The third-order valence-corrected chi connectivity index (χ3v) is 5.09. The molecule has 2 fully saturated rings. The molecule has 0 saturated carbocycles. The first-order valence-corrected chi connectivity index (χ1v) is 7.26. The molecule has 3 nitrogen and oxygen atoms in total. The van der Waals surface area contributed by atoms with E-state index in [1.54, 1.807) is 0 Å². The quantitative estimate of drug-likeness (QED) is 0.767. The van der Waals surface area contributed by atoms with Crippen molar-refractivity contribution in [1.29, 1.82) is 0 Å². The maximum absolute atomic E-state index is 12.4. The number of thiophene rings is 1. The van der Waals surface area contributed by atoms with E-state index in [-0.39, 0.29) is 24.1 Å². The Labute approximate surface area is 110 Å². The van der Waals surface area contributed by atoms with Gasteiger partial charge in [0.25, 0.3) is 5.91 Å². The Balaban J connectivity index is 1.83. The molecule has 17 heavy (non-hydrogen) atoms. The van der Waals surface area contributed by atoms with Crippen LogP contribution in [0.5, 0.6) is 0 Å². The molecule has 1 N–H and O–H groups in total. The fraction of sp³-hybridized carbons (Fsp3) is 0.583. The van der Waals surface area contributed by atoms with Gasteiger partial charge in [0.05, 0.1) is 11.0 Å². The van der Waals surface area contributed by atoms with Gasteiger partial charge in [-0.3, -0.25) is 4.79 Å². The van der Waals surface area contributed by atoms with Crippen LogP contribution in [0.3, 0.4) is 0 Å². The molecule has 1 amide bonds. The van der Waals surface area contributed by atoms with Crippen LogP contribution in [0.1, 0.15) is 35.4 Å². The summed E-state index contributed by atoms with van der Waals surface area (Å²) < 4.78 is 0. The van der Waals surface area contributed by atoms with Crippen LogP contribution in [0.4, 0.5) is 0 Å². The van der Waals surface area contributed by atoms with Gasteiger partial charge >= 0.3 is 0 Å². The van der Waals surface area contributed by atoms with Gasteiger partial charge in [0, 0.05) is 22.4 Å². The number of aliphatic hydroxyl groups excluding tert-OH is 1. The Morgan fingerprint density at radius 2 is 2.06 bits per heavy atom. The van der Waals surface area contributed by atoms with Crippen LogP contribution >= 0.6 is 24.0 Å². The Morgan fingerprint density at radius 1 is 1.41 bits per heavy atom. The lowest BCUT2D eigenvalue weighted by molar-refractivity contribution is 0.0290. The van der Waals surface area contributed by atoms with E-state index in [4.69, 9.17) is 0 Å². The molecular weight excluding hydrogens is 254 g/mol. The van der Waals surface area contributed by atoms with E-state index in [0.717, 1.165) is 35.5 Å². The summed E-state index contributed by atoms with van der Waals surface area (Å²) >= 11 is 5.69. The van der Waals surface area contributed by atoms with Gasteiger partial charge in [-0.25, -0.2) is 0 Å². The fourth-order valence-electron chi connectivity index (χ4n) is 3.05. The van der Waals surface area contributed by atoms with Crippen molar-refractivity contribution in [2.45, 2.75) is 48.8 Å². The highest BCUT2D eigenvalue weighted by molar-refractivity contribution is 7.80. The highest BCUT2D eigenvalue weighted by Crippen LogP contribution is 2.37. The first-order valence-electron chi connectivity index (χ1n) is 5.93. The average Bonchev–Trinajstić information content (AvgIpc) is 2.81. The first kappa shape index (κ1) is 11.6. The molecule has 2 aliphatic rings. The molecule has 2 bridgehead atoms. The van der Waals surface area contributed by atoms with E-state index in [9.17, 15) is 9.90 Å². The molecule has 2 atom stereocenters. The number of carbonyl (C=O) groups excluding carboxylic acids is 1. The minimum atomic E-state index is -0.222. The van der Waals surface area contributed by atoms with Crippen LogP contribution in [0.2, 0.25) is 0 Å². The molecule has 0 aliphatic carbocycles. The minimum Gasteiger partial charge on any atom is -0.393 e. The van der Waals surface area contributed by atoms with E-state index in [1.165, 1.54) is 11.3 Å². The fourth-order valence-corrected chi connectivity index (χ4v) is 4.14. The number of nitrogens with zero attached hydrogens (tertiary/aromatic N) is 1. The van der Waals surface area contributed by atoms with Crippen molar-refractivity contribution in [1.82, 2.24) is 4.90 Å². The van der Waals surface area contributed by atoms with Crippen LogP contribution < -0.4 is 0 Å². The number of aliphatic hydroxyl groups is 1. The topological polar surface area (TPSA) is 40.5 Å². The molecule has 0 aromatic carbocycles. The molecule has 1 aromatic heterocycles. The summed E-state index contributed by atoms with van der Waals surface area (Å²) in [6, 6.07) is 2.31. The van der Waals surface area contributed by atoms with Gasteiger partial charge < -0.3 is 10.0 Å². The lowest BCUT2D eigenvalue weighted by Crippen LogP contribution is -2.47. The Hall–Kier alpha value is -0.520. The van der Waals surface area contributed by atoms with Gasteiger partial charge in [0.15, 0.2) is 0 Å². The zero-order valence-electron chi connectivity index (χ0n) is 9.37. The van der Waals surface area contributed by atoms with Crippen molar-refractivity contribution in [2.75, 3.05) is 0 Å². The number of thiol groups is 1. The van der Waals surface area contributed by atoms with Gasteiger partial charge in [-0.05, 0) is 31.7 Å². The number of hydrogen-bond acceptors (Lipinski definition) is 4. The Bertz CT molecular complexity index is 431. The molecule has 3 heterocycles. The molecular formula is C12H15NO2S2. The predicted octanol–water partition coefficient (Wildman–Crippen LogP) is 2.16. The van der Waals surface area contributed by atoms with Crippen molar-refractivity contribution < 1.29 is 9.90 Å². The monoisotopic (exact) mass is 269 g/mol. The van der Waals surface area contributed by atoms with E-state index in [0.29, 0.717) is 0 Å². The highest BCUT2D eigenvalue weighted by atomic mass is 32.1. The summed E-state index contributed by atoms with van der Waals surface area (Å²) in [5, 5.41) is 11.6. The maximum Gasteiger partial charge on any atom is 0.264 e. The standard InChI is InChI=1S/C12H15NO2S2/c14-9-3-7-1-2-8(4-9)13(7)12(15)11-5-10(16)6-17-11/h5-9,14,16H,1-4H2. The highest BCUT2D eigenvalue weighted by Gasteiger charge is 2.43. The third kappa shape index (κ3) is 2.00. The molecule has 1 aromatic rings. The third-order valence-electron chi connectivity index (χ3n) is 3.74. The second kappa shape index (κ2) is 4.30. The average molecular weight is 269 g/mol. The number of fused-ring (bicyclic) bond motifs is 2. The summed E-state index contributed by atoms with van der Waals surface area (Å²) in [4.78, 5) is 16.0. The zero-order valence-corrected chi connectivity index (χ0v) is 11.1. The SMILES string of the molecule is O=C(c1cc(S)cs1)N1C2CCC1CC(O)C2. The molecule has 0 radical (unpaired) electrons. The maximum atomic E-state index is 12.4. The van der Waals surface area contributed by atoms with Gasteiger partial charge in [-0.2, -0.15) is 0 Å². The van der Waals surface area contributed by atoms with Crippen LogP contribution in [0.25, 0.3) is 0 Å². The van der Waals surface area contributed by atoms with E-state index < -0.39 is 0 Å². The molecule has 92 valence electrons. The summed E-state index contributed by atoms with van der Waals surface area (Å²) in [7, 11) is 0. The number of rotatable bonds is 1. The Kier molecular flexibility index (Phi) is 2.92. The number of carbonyl (C=O) groups is 1. The van der Waals surface area contributed by atoms with Gasteiger partial charge in [-0.1, -0.05) is 0 Å². The number of amides is 1. The Morgan fingerprint density at radius 3 is 2.59 bits per heavy atom. The van der Waals surface area contributed by atoms with Crippen molar-refractivity contribution in [3.8, 4) is 0 Å². The normalized spacial score (nSPS) is 31.9. The minimum absolute atomic E-state index is 0.120. The number of piperidine rings is 1. The summed E-state index contributed by atoms with van der Waals surface area (Å²) in [5.74, 6) is 0.120. The lowest BCUT2D eigenvalue weighted by atomic mass is 10.00. The molecule has 2 aliphatic heterocycles. The predicted molar refractivity (Wildman–Crippen MR) is 69.8 cm³/mol. The van der Waals surface area contributed by atoms with Crippen molar-refractivity contribution >= 4 is 29.9 Å². The van der Waals surface area contributed by atoms with Crippen molar-refractivity contribution in [3.63, 3.8) is 0 Å². The van der Waals surface area contributed by atoms with Crippen LogP contribution in [0.15, 0.2) is 16.3 Å².